The lowest BCUT2D eigenvalue weighted by Gasteiger charge is -2.34. The molecule has 0 radical (unpaired) electrons. The average Bonchev–Trinajstić information content (AvgIpc) is 3.53. The molecule has 1 saturated heterocycles. The van der Waals surface area contributed by atoms with Crippen LogP contribution in [-0.4, -0.2) is 57.3 Å². The first-order chi connectivity index (χ1) is 18.4. The van der Waals surface area contributed by atoms with E-state index >= 15 is 0 Å². The van der Waals surface area contributed by atoms with Crippen LogP contribution in [0.15, 0.2) is 66.0 Å². The Labute approximate surface area is 231 Å². The lowest BCUT2D eigenvalue weighted by atomic mass is 10.2. The predicted molar refractivity (Wildman–Crippen MR) is 150 cm³/mol. The molecule has 2 amide bonds. The Kier molecular flexibility index (Phi) is 7.81. The van der Waals surface area contributed by atoms with Crippen molar-refractivity contribution >= 4 is 34.8 Å². The van der Waals surface area contributed by atoms with Gasteiger partial charge in [-0.15, -0.1) is 11.3 Å². The van der Waals surface area contributed by atoms with Crippen molar-refractivity contribution in [3.05, 3.63) is 92.9 Å². The van der Waals surface area contributed by atoms with Gasteiger partial charge in [-0.05, 0) is 30.7 Å². The molecule has 196 valence electrons. The van der Waals surface area contributed by atoms with Gasteiger partial charge in [0.15, 0.2) is 0 Å². The number of halogens is 1. The second-order valence-electron chi connectivity index (χ2n) is 9.24. The van der Waals surface area contributed by atoms with Crippen LogP contribution in [0.1, 0.15) is 33.5 Å². The van der Waals surface area contributed by atoms with Crippen molar-refractivity contribution in [1.82, 2.24) is 19.4 Å². The molecule has 0 aliphatic carbocycles. The molecule has 2 aromatic carbocycles. The summed E-state index contributed by atoms with van der Waals surface area (Å²) >= 11 is 7.74. The molecule has 4 aromatic rings. The third-order valence-corrected chi connectivity index (χ3v) is 7.93. The number of ether oxygens (including phenoxy) is 1. The number of benzene rings is 2. The molecule has 0 saturated carbocycles. The molecule has 3 heterocycles. The minimum atomic E-state index is -0.0173. The summed E-state index contributed by atoms with van der Waals surface area (Å²) in [5.74, 6) is 0.644. The van der Waals surface area contributed by atoms with E-state index in [4.69, 9.17) is 21.3 Å². The van der Waals surface area contributed by atoms with E-state index in [9.17, 15) is 9.59 Å². The minimum Gasteiger partial charge on any atom is -0.485 e. The zero-order chi connectivity index (χ0) is 26.6. The van der Waals surface area contributed by atoms with Crippen molar-refractivity contribution in [1.29, 1.82) is 0 Å². The maximum atomic E-state index is 13.6. The summed E-state index contributed by atoms with van der Waals surface area (Å²) in [4.78, 5) is 33.8. The van der Waals surface area contributed by atoms with Gasteiger partial charge in [0, 0.05) is 50.7 Å². The first-order valence-electron chi connectivity index (χ1n) is 12.5. The van der Waals surface area contributed by atoms with Gasteiger partial charge in [0.2, 0.25) is 5.91 Å². The number of carbonyl (C=O) groups excluding carboxylic acids is 2. The maximum absolute atomic E-state index is 13.6. The van der Waals surface area contributed by atoms with Crippen molar-refractivity contribution in [2.24, 2.45) is 0 Å². The van der Waals surface area contributed by atoms with Crippen LogP contribution in [0.2, 0.25) is 5.02 Å². The van der Waals surface area contributed by atoms with Gasteiger partial charge >= 0.3 is 0 Å². The number of rotatable bonds is 7. The highest BCUT2D eigenvalue weighted by atomic mass is 35.5. The summed E-state index contributed by atoms with van der Waals surface area (Å²) in [5, 5.41) is 3.38. The maximum Gasteiger partial charge on any atom is 0.255 e. The van der Waals surface area contributed by atoms with Gasteiger partial charge in [-0.2, -0.15) is 0 Å². The molecular weight excluding hydrogens is 520 g/mol. The summed E-state index contributed by atoms with van der Waals surface area (Å²) in [6.07, 6.45) is 0. The first-order valence-corrected chi connectivity index (χ1v) is 13.8. The molecular formula is C29H29ClN4O3S. The second-order valence-corrected chi connectivity index (χ2v) is 10.6. The van der Waals surface area contributed by atoms with E-state index in [1.54, 1.807) is 17.9 Å². The molecule has 2 aromatic heterocycles. The zero-order valence-electron chi connectivity index (χ0n) is 21.4. The molecule has 5 rings (SSSR count). The van der Waals surface area contributed by atoms with Crippen molar-refractivity contribution < 1.29 is 14.3 Å². The molecule has 0 bridgehead atoms. The highest BCUT2D eigenvalue weighted by Gasteiger charge is 2.27. The number of carbonyl (C=O) groups is 2. The van der Waals surface area contributed by atoms with Crippen LogP contribution < -0.4 is 4.74 Å². The van der Waals surface area contributed by atoms with Crippen LogP contribution >= 0.6 is 22.9 Å². The predicted octanol–water partition coefficient (Wildman–Crippen LogP) is 5.51. The van der Waals surface area contributed by atoms with E-state index in [0.29, 0.717) is 55.7 Å². The average molecular weight is 549 g/mol. The largest absolute Gasteiger partial charge is 0.485 e. The van der Waals surface area contributed by atoms with Gasteiger partial charge in [0.1, 0.15) is 17.4 Å². The monoisotopic (exact) mass is 548 g/mol. The first kappa shape index (κ1) is 26.0. The van der Waals surface area contributed by atoms with E-state index in [-0.39, 0.29) is 11.8 Å². The summed E-state index contributed by atoms with van der Waals surface area (Å²) in [6.45, 7) is 6.64. The Morgan fingerprint density at radius 2 is 1.68 bits per heavy atom. The number of thiazole rings is 1. The Balaban J connectivity index is 1.42. The van der Waals surface area contributed by atoms with Gasteiger partial charge in [0.25, 0.3) is 5.91 Å². The molecule has 1 aliphatic heterocycles. The van der Waals surface area contributed by atoms with Gasteiger partial charge in [-0.25, -0.2) is 4.98 Å². The number of amides is 2. The molecule has 0 N–H and O–H groups in total. The Morgan fingerprint density at radius 1 is 1.00 bits per heavy atom. The summed E-state index contributed by atoms with van der Waals surface area (Å²) in [5.41, 5.74) is 4.38. The van der Waals surface area contributed by atoms with Gasteiger partial charge < -0.3 is 19.1 Å². The highest BCUT2D eigenvalue weighted by Crippen LogP contribution is 2.30. The molecule has 0 atom stereocenters. The number of nitrogens with zero attached hydrogens (tertiary/aromatic N) is 4. The Morgan fingerprint density at radius 3 is 2.39 bits per heavy atom. The van der Waals surface area contributed by atoms with Gasteiger partial charge in [-0.1, -0.05) is 54.1 Å². The standard InChI is InChI=1S/C29H29ClN4O3S/c1-20-23(29(36)33-14-12-32(13-15-33)21(2)35)16-26(34(20)17-22-8-4-3-5-9-22)25-19-38-28(31-25)18-37-27-11-7-6-10-24(27)30/h3-11,16,19H,12-15,17-18H2,1-2H3. The van der Waals surface area contributed by atoms with Gasteiger partial charge in [-0.3, -0.25) is 9.59 Å². The molecule has 0 unspecified atom stereocenters. The topological polar surface area (TPSA) is 67.7 Å². The van der Waals surface area contributed by atoms with Gasteiger partial charge in [0.05, 0.1) is 22.0 Å². The fourth-order valence-corrected chi connectivity index (χ4v) is 5.52. The molecule has 38 heavy (non-hydrogen) atoms. The van der Waals surface area contributed by atoms with Crippen molar-refractivity contribution in [2.75, 3.05) is 26.2 Å². The number of aromatic nitrogens is 2. The fraction of sp³-hybridized carbons (Fsp3) is 0.276. The normalized spacial score (nSPS) is 13.6. The number of piperazine rings is 1. The molecule has 9 heteroatoms. The number of hydrogen-bond acceptors (Lipinski definition) is 5. The van der Waals surface area contributed by atoms with Crippen LogP contribution in [0.4, 0.5) is 0 Å². The van der Waals surface area contributed by atoms with Crippen LogP contribution in [0, 0.1) is 6.92 Å². The Hall–Kier alpha value is -3.62. The molecule has 7 nitrogen and oxygen atoms in total. The number of para-hydroxylation sites is 1. The van der Waals surface area contributed by atoms with Crippen LogP contribution in [0.25, 0.3) is 11.4 Å². The number of hydrogen-bond donors (Lipinski definition) is 0. The van der Waals surface area contributed by atoms with Crippen molar-refractivity contribution in [3.63, 3.8) is 0 Å². The highest BCUT2D eigenvalue weighted by molar-refractivity contribution is 7.09. The lowest BCUT2D eigenvalue weighted by molar-refractivity contribution is -0.130. The van der Waals surface area contributed by atoms with Crippen molar-refractivity contribution in [3.8, 4) is 17.1 Å². The second kappa shape index (κ2) is 11.4. The van der Waals surface area contributed by atoms with Crippen molar-refractivity contribution in [2.45, 2.75) is 27.0 Å². The van der Waals surface area contributed by atoms with Crippen LogP contribution in [0.3, 0.4) is 0 Å². The summed E-state index contributed by atoms with van der Waals surface area (Å²) < 4.78 is 8.05. The quantitative estimate of drug-likeness (QED) is 0.306. The Bertz CT molecular complexity index is 1440. The molecule has 1 fully saturated rings. The molecule has 1 aliphatic rings. The van der Waals surface area contributed by atoms with E-state index < -0.39 is 0 Å². The van der Waals surface area contributed by atoms with E-state index in [1.807, 2.05) is 59.7 Å². The SMILES string of the molecule is CC(=O)N1CCN(C(=O)c2cc(-c3csc(COc4ccccc4Cl)n3)n(Cc3ccccc3)c2C)CC1. The zero-order valence-corrected chi connectivity index (χ0v) is 23.0. The summed E-state index contributed by atoms with van der Waals surface area (Å²) in [6, 6.07) is 19.5. The fourth-order valence-electron chi connectivity index (χ4n) is 4.63. The third-order valence-electron chi connectivity index (χ3n) is 6.79. The third kappa shape index (κ3) is 5.61. The van der Waals surface area contributed by atoms with Crippen LogP contribution in [-0.2, 0) is 17.9 Å². The smallest absolute Gasteiger partial charge is 0.255 e. The minimum absolute atomic E-state index is 0.0173. The van der Waals surface area contributed by atoms with E-state index in [2.05, 4.69) is 16.7 Å². The lowest BCUT2D eigenvalue weighted by Crippen LogP contribution is -2.50. The summed E-state index contributed by atoms with van der Waals surface area (Å²) in [7, 11) is 0. The van der Waals surface area contributed by atoms with Crippen LogP contribution in [0.5, 0.6) is 5.75 Å². The van der Waals surface area contributed by atoms with E-state index in [0.717, 1.165) is 27.7 Å². The molecule has 0 spiro atoms. The van der Waals surface area contributed by atoms with E-state index in [1.165, 1.54) is 11.3 Å².